The van der Waals surface area contributed by atoms with Crippen LogP contribution in [0.2, 0.25) is 0 Å². The second-order valence-electron chi connectivity index (χ2n) is 6.34. The quantitative estimate of drug-likeness (QED) is 0.158. The van der Waals surface area contributed by atoms with Crippen LogP contribution < -0.4 is 15.4 Å². The van der Waals surface area contributed by atoms with Crippen LogP contribution >= 0.6 is 24.0 Å². The first kappa shape index (κ1) is 27.8. The van der Waals surface area contributed by atoms with Gasteiger partial charge in [-0.3, -0.25) is 4.99 Å². The molecule has 0 aliphatic heterocycles. The molecule has 1 aromatic rings. The molecule has 0 bridgehead atoms. The van der Waals surface area contributed by atoms with Crippen LogP contribution in [-0.4, -0.2) is 61.8 Å². The highest BCUT2D eigenvalue weighted by molar-refractivity contribution is 14.0. The maximum Gasteiger partial charge on any atom is 0.387 e. The summed E-state index contributed by atoms with van der Waals surface area (Å²) in [5, 5.41) is 16.7. The Balaban J connectivity index is 0.00000784. The van der Waals surface area contributed by atoms with E-state index >= 15 is 0 Å². The van der Waals surface area contributed by atoms with Crippen molar-refractivity contribution in [2.24, 2.45) is 4.99 Å². The minimum absolute atomic E-state index is 0. The molecule has 0 fully saturated rings. The third-order valence-electron chi connectivity index (χ3n) is 4.34. The molecule has 168 valence electrons. The van der Waals surface area contributed by atoms with Crippen LogP contribution in [0.5, 0.6) is 5.75 Å². The number of nitrogens with one attached hydrogen (secondary N) is 2. The zero-order chi connectivity index (χ0) is 20.8. The highest BCUT2D eigenvalue weighted by atomic mass is 127. The van der Waals surface area contributed by atoms with Crippen molar-refractivity contribution < 1.29 is 18.6 Å². The third-order valence-corrected chi connectivity index (χ3v) is 4.34. The van der Waals surface area contributed by atoms with E-state index in [1.54, 1.807) is 12.1 Å². The number of benzene rings is 1. The molecule has 0 aliphatic carbocycles. The first-order valence-electron chi connectivity index (χ1n) is 9.97. The highest BCUT2D eigenvalue weighted by Gasteiger charge is 2.09. The van der Waals surface area contributed by atoms with E-state index in [1.807, 2.05) is 6.92 Å². The number of ether oxygens (including phenoxy) is 1. The first-order chi connectivity index (χ1) is 13.5. The lowest BCUT2D eigenvalue weighted by molar-refractivity contribution is -0.0498. The molecular formula is C20H35F2IN4O2. The Morgan fingerprint density at radius 2 is 1.76 bits per heavy atom. The largest absolute Gasteiger partial charge is 0.435 e. The minimum Gasteiger partial charge on any atom is -0.435 e. The summed E-state index contributed by atoms with van der Waals surface area (Å²) in [6.45, 7) is 8.39. The lowest BCUT2D eigenvalue weighted by atomic mass is 10.1. The van der Waals surface area contributed by atoms with Crippen molar-refractivity contribution in [1.29, 1.82) is 0 Å². The molecule has 9 heteroatoms. The molecule has 1 unspecified atom stereocenters. The van der Waals surface area contributed by atoms with Gasteiger partial charge in [0.1, 0.15) is 5.75 Å². The first-order valence-corrected chi connectivity index (χ1v) is 9.97. The summed E-state index contributed by atoms with van der Waals surface area (Å²) < 4.78 is 28.7. The summed E-state index contributed by atoms with van der Waals surface area (Å²) in [7, 11) is 0. The molecule has 6 nitrogen and oxygen atoms in total. The normalized spacial score (nSPS) is 12.6. The maximum absolute atomic E-state index is 12.2. The van der Waals surface area contributed by atoms with Crippen molar-refractivity contribution in [3.05, 3.63) is 29.8 Å². The number of nitrogens with zero attached hydrogens (tertiary/aromatic N) is 2. The smallest absolute Gasteiger partial charge is 0.387 e. The van der Waals surface area contributed by atoms with Gasteiger partial charge in [0.05, 0.1) is 12.6 Å². The van der Waals surface area contributed by atoms with Crippen LogP contribution in [0.25, 0.3) is 0 Å². The zero-order valence-electron chi connectivity index (χ0n) is 17.5. The van der Waals surface area contributed by atoms with Crippen LogP contribution in [0.4, 0.5) is 8.78 Å². The average molecular weight is 528 g/mol. The highest BCUT2D eigenvalue weighted by Crippen LogP contribution is 2.19. The Morgan fingerprint density at radius 3 is 2.31 bits per heavy atom. The van der Waals surface area contributed by atoms with Gasteiger partial charge in [0.2, 0.25) is 0 Å². The zero-order valence-corrected chi connectivity index (χ0v) is 19.9. The van der Waals surface area contributed by atoms with Crippen LogP contribution in [0.3, 0.4) is 0 Å². The van der Waals surface area contributed by atoms with Gasteiger partial charge >= 0.3 is 6.61 Å². The maximum atomic E-state index is 12.2. The van der Waals surface area contributed by atoms with Gasteiger partial charge in [-0.15, -0.1) is 24.0 Å². The molecule has 0 radical (unpaired) electrons. The fourth-order valence-corrected chi connectivity index (χ4v) is 2.70. The molecule has 0 saturated carbocycles. The molecule has 0 amide bonds. The van der Waals surface area contributed by atoms with Gasteiger partial charge < -0.3 is 25.4 Å². The van der Waals surface area contributed by atoms with Crippen molar-refractivity contribution in [3.8, 4) is 5.75 Å². The number of aliphatic hydroxyl groups excluding tert-OH is 1. The van der Waals surface area contributed by atoms with E-state index in [9.17, 15) is 13.9 Å². The molecule has 0 spiro atoms. The number of guanidine groups is 1. The van der Waals surface area contributed by atoms with E-state index in [0.29, 0.717) is 11.5 Å². The van der Waals surface area contributed by atoms with Crippen molar-refractivity contribution in [3.63, 3.8) is 0 Å². The second kappa shape index (κ2) is 16.6. The van der Waals surface area contributed by atoms with Gasteiger partial charge in [-0.05, 0) is 57.1 Å². The summed E-state index contributed by atoms with van der Waals surface area (Å²) in [4.78, 5) is 6.80. The van der Waals surface area contributed by atoms with Crippen LogP contribution in [0, 0.1) is 0 Å². The van der Waals surface area contributed by atoms with E-state index < -0.39 is 12.7 Å². The lowest BCUT2D eigenvalue weighted by Crippen LogP contribution is -2.38. The van der Waals surface area contributed by atoms with E-state index in [0.717, 1.165) is 45.6 Å². The standard InChI is InChI=1S/C20H34F2N4O2.HI/c1-4-23-20(24-13-7-8-14-26(5-2)6-3)25-15-18(27)16-9-11-17(12-10-16)28-19(21)22;/h9-12,18-19,27H,4-8,13-15H2,1-3H3,(H2,23,24,25);1H. The molecule has 29 heavy (non-hydrogen) atoms. The van der Waals surface area contributed by atoms with Crippen molar-refractivity contribution >= 4 is 29.9 Å². The number of aliphatic imine (C=N–C) groups is 1. The molecule has 1 rings (SSSR count). The molecule has 1 atom stereocenters. The van der Waals surface area contributed by atoms with E-state index in [4.69, 9.17) is 0 Å². The lowest BCUT2D eigenvalue weighted by Gasteiger charge is -2.18. The topological polar surface area (TPSA) is 69.1 Å². The van der Waals surface area contributed by atoms with Crippen molar-refractivity contribution in [1.82, 2.24) is 15.5 Å². The minimum atomic E-state index is -2.86. The molecule has 0 heterocycles. The van der Waals surface area contributed by atoms with Gasteiger partial charge in [0, 0.05) is 13.1 Å². The Bertz CT molecular complexity index is 558. The number of alkyl halides is 2. The van der Waals surface area contributed by atoms with Gasteiger partial charge in [-0.25, -0.2) is 0 Å². The van der Waals surface area contributed by atoms with E-state index in [2.05, 4.69) is 39.1 Å². The van der Waals surface area contributed by atoms with Crippen LogP contribution in [0.15, 0.2) is 29.3 Å². The van der Waals surface area contributed by atoms with Crippen LogP contribution in [-0.2, 0) is 0 Å². The molecule has 0 aliphatic rings. The number of hydrogen-bond acceptors (Lipinski definition) is 4. The Kier molecular flexibility index (Phi) is 15.9. The molecule has 0 saturated heterocycles. The second-order valence-corrected chi connectivity index (χ2v) is 6.34. The van der Waals surface area contributed by atoms with Gasteiger partial charge in [-0.1, -0.05) is 26.0 Å². The average Bonchev–Trinajstić information content (AvgIpc) is 2.68. The predicted octanol–water partition coefficient (Wildman–Crippen LogP) is 3.62. The monoisotopic (exact) mass is 528 g/mol. The van der Waals surface area contributed by atoms with Gasteiger partial charge in [0.15, 0.2) is 5.96 Å². The van der Waals surface area contributed by atoms with Gasteiger partial charge in [-0.2, -0.15) is 8.78 Å². The number of unbranched alkanes of at least 4 members (excludes halogenated alkanes) is 1. The van der Waals surface area contributed by atoms with Gasteiger partial charge in [0.25, 0.3) is 0 Å². The van der Waals surface area contributed by atoms with Crippen molar-refractivity contribution in [2.45, 2.75) is 46.3 Å². The van der Waals surface area contributed by atoms with E-state index in [-0.39, 0.29) is 36.3 Å². The molecular weight excluding hydrogens is 493 g/mol. The summed E-state index contributed by atoms with van der Waals surface area (Å²) in [5.74, 6) is 0.719. The summed E-state index contributed by atoms with van der Waals surface area (Å²) in [6, 6.07) is 5.94. The predicted molar refractivity (Wildman–Crippen MR) is 124 cm³/mol. The number of hydrogen-bond donors (Lipinski definition) is 3. The van der Waals surface area contributed by atoms with Crippen molar-refractivity contribution in [2.75, 3.05) is 39.3 Å². The summed E-state index contributed by atoms with van der Waals surface area (Å²) >= 11 is 0. The summed E-state index contributed by atoms with van der Waals surface area (Å²) in [6.07, 6.45) is 1.33. The Labute approximate surface area is 190 Å². The number of halogens is 3. The molecule has 0 aromatic heterocycles. The number of aliphatic hydroxyl groups is 1. The SMILES string of the molecule is CCNC(=NCC(O)c1ccc(OC(F)F)cc1)NCCCCN(CC)CC.I. The van der Waals surface area contributed by atoms with E-state index in [1.165, 1.54) is 12.1 Å². The number of rotatable bonds is 13. The Hall–Kier alpha value is -1.20. The fourth-order valence-electron chi connectivity index (χ4n) is 2.70. The van der Waals surface area contributed by atoms with Crippen LogP contribution in [0.1, 0.15) is 45.3 Å². The third kappa shape index (κ3) is 12.2. The summed E-state index contributed by atoms with van der Waals surface area (Å²) in [5.41, 5.74) is 0.598. The Morgan fingerprint density at radius 1 is 1.10 bits per heavy atom. The molecule has 1 aromatic carbocycles. The fraction of sp³-hybridized carbons (Fsp3) is 0.650. The molecule has 3 N–H and O–H groups in total.